The molecule has 94 valence electrons. The Morgan fingerprint density at radius 2 is 2.24 bits per heavy atom. The van der Waals surface area contributed by atoms with E-state index in [1.54, 1.807) is 6.92 Å². The number of rotatable bonds is 5. The van der Waals surface area contributed by atoms with Crippen LogP contribution in [0.2, 0.25) is 0 Å². The fraction of sp³-hybridized carbons (Fsp3) is 0.455. The number of aliphatic hydroxyl groups is 2. The van der Waals surface area contributed by atoms with E-state index >= 15 is 0 Å². The van der Waals surface area contributed by atoms with Gasteiger partial charge >= 0.3 is 5.97 Å². The molecule has 0 aliphatic rings. The van der Waals surface area contributed by atoms with Crippen molar-refractivity contribution in [2.45, 2.75) is 25.6 Å². The maximum atomic E-state index is 12.8. The van der Waals surface area contributed by atoms with Gasteiger partial charge in [-0.05, 0) is 13.0 Å². The van der Waals surface area contributed by atoms with Gasteiger partial charge in [-0.1, -0.05) is 0 Å². The number of aromatic nitrogens is 1. The van der Waals surface area contributed by atoms with E-state index in [0.29, 0.717) is 0 Å². The van der Waals surface area contributed by atoms with Crippen molar-refractivity contribution in [3.8, 4) is 0 Å². The van der Waals surface area contributed by atoms with E-state index in [1.165, 1.54) is 6.20 Å². The molecule has 5 nitrogen and oxygen atoms in total. The molecule has 17 heavy (non-hydrogen) atoms. The Morgan fingerprint density at radius 3 is 2.82 bits per heavy atom. The minimum atomic E-state index is -1.37. The third-order valence-electron chi connectivity index (χ3n) is 2.11. The summed E-state index contributed by atoms with van der Waals surface area (Å²) in [6.45, 7) is 1.83. The summed E-state index contributed by atoms with van der Waals surface area (Å²) in [4.78, 5) is 14.6. The van der Waals surface area contributed by atoms with Crippen molar-refractivity contribution in [1.82, 2.24) is 4.98 Å². The summed E-state index contributed by atoms with van der Waals surface area (Å²) in [5.74, 6) is -1.24. The van der Waals surface area contributed by atoms with Crippen molar-refractivity contribution in [3.63, 3.8) is 0 Å². The average Bonchev–Trinajstić information content (AvgIpc) is 2.28. The van der Waals surface area contributed by atoms with Crippen molar-refractivity contribution in [3.05, 3.63) is 29.8 Å². The fourth-order valence-electron chi connectivity index (χ4n) is 1.31. The first kappa shape index (κ1) is 13.5. The minimum absolute atomic E-state index is 0.113. The Balaban J connectivity index is 2.63. The zero-order valence-corrected chi connectivity index (χ0v) is 9.34. The molecule has 0 aliphatic carbocycles. The second-order valence-electron chi connectivity index (χ2n) is 3.46. The summed E-state index contributed by atoms with van der Waals surface area (Å²) >= 11 is 0. The Labute approximate surface area is 97.9 Å². The van der Waals surface area contributed by atoms with E-state index in [-0.39, 0.29) is 18.6 Å². The highest BCUT2D eigenvalue weighted by molar-refractivity contribution is 5.70. The first-order valence-electron chi connectivity index (χ1n) is 5.16. The lowest BCUT2D eigenvalue weighted by Gasteiger charge is -2.16. The molecule has 0 saturated carbocycles. The third-order valence-corrected chi connectivity index (χ3v) is 2.11. The highest BCUT2D eigenvalue weighted by Crippen LogP contribution is 2.19. The number of aliphatic hydroxyl groups excluding tert-OH is 2. The molecule has 1 rings (SSSR count). The Hall–Kier alpha value is -1.53. The largest absolute Gasteiger partial charge is 0.466 e. The molecular weight excluding hydrogens is 229 g/mol. The minimum Gasteiger partial charge on any atom is -0.466 e. The molecule has 0 amide bonds. The lowest BCUT2D eigenvalue weighted by Crippen LogP contribution is -2.23. The van der Waals surface area contributed by atoms with E-state index in [9.17, 15) is 19.4 Å². The van der Waals surface area contributed by atoms with Crippen molar-refractivity contribution in [2.75, 3.05) is 6.61 Å². The zero-order chi connectivity index (χ0) is 12.8. The number of esters is 1. The molecule has 0 aliphatic heterocycles. The molecular formula is C11H14FNO4. The van der Waals surface area contributed by atoms with Crippen LogP contribution in [0.1, 0.15) is 25.0 Å². The first-order valence-corrected chi connectivity index (χ1v) is 5.16. The van der Waals surface area contributed by atoms with Gasteiger partial charge in [-0.2, -0.15) is 0 Å². The van der Waals surface area contributed by atoms with Gasteiger partial charge in [-0.25, -0.2) is 4.39 Å². The molecule has 0 spiro atoms. The summed E-state index contributed by atoms with van der Waals surface area (Å²) in [6, 6.07) is 1.05. The second kappa shape index (κ2) is 6.27. The van der Waals surface area contributed by atoms with Gasteiger partial charge in [0.1, 0.15) is 11.9 Å². The van der Waals surface area contributed by atoms with E-state index in [4.69, 9.17) is 0 Å². The van der Waals surface area contributed by atoms with E-state index in [2.05, 4.69) is 9.72 Å². The van der Waals surface area contributed by atoms with Crippen molar-refractivity contribution >= 4 is 5.97 Å². The first-order chi connectivity index (χ1) is 8.04. The molecule has 1 aromatic rings. The molecule has 1 heterocycles. The van der Waals surface area contributed by atoms with Crippen LogP contribution in [-0.2, 0) is 9.53 Å². The molecule has 0 saturated heterocycles. The van der Waals surface area contributed by atoms with Gasteiger partial charge < -0.3 is 14.9 Å². The number of carbonyl (C=O) groups is 1. The number of hydrogen-bond donors (Lipinski definition) is 2. The van der Waals surface area contributed by atoms with Crippen LogP contribution in [-0.4, -0.2) is 33.9 Å². The van der Waals surface area contributed by atoms with Crippen LogP contribution in [0, 0.1) is 5.82 Å². The lowest BCUT2D eigenvalue weighted by atomic mass is 10.0. The van der Waals surface area contributed by atoms with Gasteiger partial charge in [0, 0.05) is 11.8 Å². The third kappa shape index (κ3) is 4.08. The topological polar surface area (TPSA) is 79.7 Å². The van der Waals surface area contributed by atoms with E-state index in [1.807, 2.05) is 0 Å². The van der Waals surface area contributed by atoms with Crippen LogP contribution in [0.3, 0.4) is 0 Å². The second-order valence-corrected chi connectivity index (χ2v) is 3.46. The normalized spacial score (nSPS) is 14.1. The van der Waals surface area contributed by atoms with Crippen LogP contribution in [0.4, 0.5) is 4.39 Å². The molecule has 6 heteroatoms. The molecule has 2 atom stereocenters. The molecule has 0 bridgehead atoms. The monoisotopic (exact) mass is 243 g/mol. The molecule has 0 radical (unpaired) electrons. The molecule has 0 aromatic carbocycles. The Morgan fingerprint density at radius 1 is 1.53 bits per heavy atom. The van der Waals surface area contributed by atoms with Crippen molar-refractivity contribution in [1.29, 1.82) is 0 Å². The lowest BCUT2D eigenvalue weighted by molar-refractivity contribution is -0.147. The highest BCUT2D eigenvalue weighted by Gasteiger charge is 2.22. The zero-order valence-electron chi connectivity index (χ0n) is 9.34. The summed E-state index contributed by atoms with van der Waals surface area (Å²) < 4.78 is 17.4. The molecule has 2 unspecified atom stereocenters. The number of halogens is 1. The number of hydrogen-bond acceptors (Lipinski definition) is 5. The van der Waals surface area contributed by atoms with Crippen LogP contribution in [0.15, 0.2) is 18.5 Å². The SMILES string of the molecule is CCOC(=O)CC(O)C(O)c1cncc(F)c1. The van der Waals surface area contributed by atoms with E-state index < -0.39 is 24.0 Å². The quantitative estimate of drug-likeness (QED) is 0.739. The molecule has 1 aromatic heterocycles. The Bertz CT molecular complexity index is 385. The van der Waals surface area contributed by atoms with Crippen molar-refractivity contribution in [2.24, 2.45) is 0 Å². The van der Waals surface area contributed by atoms with Crippen LogP contribution in [0.25, 0.3) is 0 Å². The average molecular weight is 243 g/mol. The smallest absolute Gasteiger partial charge is 0.308 e. The fourth-order valence-corrected chi connectivity index (χ4v) is 1.31. The van der Waals surface area contributed by atoms with Gasteiger partial charge in [-0.15, -0.1) is 0 Å². The van der Waals surface area contributed by atoms with Crippen LogP contribution in [0.5, 0.6) is 0 Å². The highest BCUT2D eigenvalue weighted by atomic mass is 19.1. The van der Waals surface area contributed by atoms with Gasteiger partial charge in [-0.3, -0.25) is 9.78 Å². The van der Waals surface area contributed by atoms with Gasteiger partial charge in [0.25, 0.3) is 0 Å². The summed E-state index contributed by atoms with van der Waals surface area (Å²) in [5, 5.41) is 19.2. The predicted octanol–water partition coefficient (Wildman–Crippen LogP) is 0.568. The number of pyridine rings is 1. The van der Waals surface area contributed by atoms with Crippen LogP contribution >= 0.6 is 0 Å². The summed E-state index contributed by atoms with van der Waals surface area (Å²) in [6.07, 6.45) is -0.873. The molecule has 2 N–H and O–H groups in total. The van der Waals surface area contributed by atoms with Gasteiger partial charge in [0.05, 0.1) is 25.3 Å². The predicted molar refractivity (Wildman–Crippen MR) is 56.4 cm³/mol. The number of carbonyl (C=O) groups excluding carboxylic acids is 1. The van der Waals surface area contributed by atoms with E-state index in [0.717, 1.165) is 12.3 Å². The summed E-state index contributed by atoms with van der Waals surface area (Å²) in [5.41, 5.74) is 0.113. The number of nitrogens with zero attached hydrogens (tertiary/aromatic N) is 1. The van der Waals surface area contributed by atoms with Crippen LogP contribution < -0.4 is 0 Å². The Kier molecular flexibility index (Phi) is 4.99. The maximum Gasteiger partial charge on any atom is 0.308 e. The molecule has 0 fully saturated rings. The number of ether oxygens (including phenoxy) is 1. The summed E-state index contributed by atoms with van der Waals surface area (Å²) in [7, 11) is 0. The van der Waals surface area contributed by atoms with Crippen molar-refractivity contribution < 1.29 is 24.1 Å². The maximum absolute atomic E-state index is 12.8. The van der Waals surface area contributed by atoms with Gasteiger partial charge in [0.15, 0.2) is 0 Å². The van der Waals surface area contributed by atoms with Gasteiger partial charge in [0.2, 0.25) is 0 Å². The standard InChI is InChI=1S/C11H14FNO4/c1-2-17-10(15)4-9(14)11(16)7-3-8(12)6-13-5-7/h3,5-6,9,11,14,16H,2,4H2,1H3.